The molecule has 1 aromatic heterocycles. The molecule has 0 N–H and O–H groups in total. The van der Waals surface area contributed by atoms with Crippen LogP contribution in [0.1, 0.15) is 16.1 Å². The molecule has 4 nitrogen and oxygen atoms in total. The number of hydrogen-bond acceptors (Lipinski definition) is 4. The number of benzene rings is 1. The molecular formula is C12H8N2O2. The van der Waals surface area contributed by atoms with Gasteiger partial charge in [-0.25, -0.2) is 9.78 Å². The van der Waals surface area contributed by atoms with Gasteiger partial charge >= 0.3 is 5.97 Å². The second kappa shape index (κ2) is 3.99. The van der Waals surface area contributed by atoms with Crippen LogP contribution in [0.25, 0.3) is 10.8 Å². The molecule has 0 saturated carbocycles. The SMILES string of the molecule is COC(=O)c1ccc2ccnc(C#N)c2c1. The zero-order valence-corrected chi connectivity index (χ0v) is 8.60. The highest BCUT2D eigenvalue weighted by Crippen LogP contribution is 2.18. The number of methoxy groups -OCH3 is 1. The van der Waals surface area contributed by atoms with Gasteiger partial charge in [-0.3, -0.25) is 0 Å². The molecule has 0 atom stereocenters. The van der Waals surface area contributed by atoms with Crippen LogP contribution in [0.15, 0.2) is 30.5 Å². The zero-order valence-electron chi connectivity index (χ0n) is 8.60. The number of carbonyl (C=O) groups is 1. The van der Waals surface area contributed by atoms with Crippen molar-refractivity contribution >= 4 is 16.7 Å². The maximum atomic E-state index is 11.3. The molecule has 0 fully saturated rings. The molecule has 0 spiro atoms. The molecule has 16 heavy (non-hydrogen) atoms. The number of esters is 1. The van der Waals surface area contributed by atoms with Gasteiger partial charge in [-0.15, -0.1) is 0 Å². The van der Waals surface area contributed by atoms with Gasteiger partial charge in [0.05, 0.1) is 12.7 Å². The van der Waals surface area contributed by atoms with Crippen LogP contribution >= 0.6 is 0 Å². The third kappa shape index (κ3) is 1.59. The summed E-state index contributed by atoms with van der Waals surface area (Å²) in [6.45, 7) is 0. The minimum Gasteiger partial charge on any atom is -0.465 e. The summed E-state index contributed by atoms with van der Waals surface area (Å²) in [4.78, 5) is 15.3. The molecule has 1 heterocycles. The van der Waals surface area contributed by atoms with Crippen LogP contribution in [0, 0.1) is 11.3 Å². The first-order chi connectivity index (χ1) is 7.76. The van der Waals surface area contributed by atoms with E-state index in [0.29, 0.717) is 16.6 Å². The van der Waals surface area contributed by atoms with E-state index >= 15 is 0 Å². The lowest BCUT2D eigenvalue weighted by Crippen LogP contribution is -2.01. The Labute approximate surface area is 92.1 Å². The Kier molecular flexibility index (Phi) is 2.52. The molecule has 0 aliphatic heterocycles. The molecule has 4 heteroatoms. The molecule has 0 amide bonds. The number of pyridine rings is 1. The summed E-state index contributed by atoms with van der Waals surface area (Å²) in [5.41, 5.74) is 0.725. The number of nitriles is 1. The number of fused-ring (bicyclic) bond motifs is 1. The smallest absolute Gasteiger partial charge is 0.337 e. The van der Waals surface area contributed by atoms with Crippen molar-refractivity contribution < 1.29 is 9.53 Å². The van der Waals surface area contributed by atoms with Crippen molar-refractivity contribution in [1.29, 1.82) is 5.26 Å². The molecule has 0 aliphatic carbocycles. The molecule has 0 aliphatic rings. The summed E-state index contributed by atoms with van der Waals surface area (Å²) in [6, 6.07) is 8.83. The van der Waals surface area contributed by atoms with Crippen LogP contribution < -0.4 is 0 Å². The summed E-state index contributed by atoms with van der Waals surface area (Å²) in [5.74, 6) is -0.422. The summed E-state index contributed by atoms with van der Waals surface area (Å²) in [7, 11) is 1.32. The van der Waals surface area contributed by atoms with Crippen LogP contribution in [0.2, 0.25) is 0 Å². The Balaban J connectivity index is 2.69. The van der Waals surface area contributed by atoms with Gasteiger partial charge in [0.15, 0.2) is 0 Å². The normalized spacial score (nSPS) is 9.75. The van der Waals surface area contributed by atoms with Crippen molar-refractivity contribution in [3.05, 3.63) is 41.7 Å². The number of ether oxygens (including phenoxy) is 1. The number of aromatic nitrogens is 1. The van der Waals surface area contributed by atoms with E-state index in [0.717, 1.165) is 5.39 Å². The van der Waals surface area contributed by atoms with Crippen LogP contribution in [0.3, 0.4) is 0 Å². The molecule has 0 saturated heterocycles. The van der Waals surface area contributed by atoms with Crippen molar-refractivity contribution in [3.8, 4) is 6.07 Å². The minimum atomic E-state index is -0.422. The molecule has 2 aromatic rings. The van der Waals surface area contributed by atoms with Crippen LogP contribution in [0.5, 0.6) is 0 Å². The predicted octanol–water partition coefficient (Wildman–Crippen LogP) is 1.89. The first-order valence-electron chi connectivity index (χ1n) is 4.63. The van der Waals surface area contributed by atoms with E-state index in [-0.39, 0.29) is 0 Å². The highest BCUT2D eigenvalue weighted by atomic mass is 16.5. The molecule has 78 valence electrons. The van der Waals surface area contributed by atoms with Gasteiger partial charge in [0.25, 0.3) is 0 Å². The van der Waals surface area contributed by atoms with Crippen molar-refractivity contribution in [1.82, 2.24) is 4.98 Å². The minimum absolute atomic E-state index is 0.309. The van der Waals surface area contributed by atoms with Crippen molar-refractivity contribution in [3.63, 3.8) is 0 Å². The van der Waals surface area contributed by atoms with Gasteiger partial charge in [-0.1, -0.05) is 6.07 Å². The predicted molar refractivity (Wildman–Crippen MR) is 57.8 cm³/mol. The monoisotopic (exact) mass is 212 g/mol. The van der Waals surface area contributed by atoms with Gasteiger partial charge in [0.2, 0.25) is 0 Å². The number of carbonyl (C=O) groups excluding carboxylic acids is 1. The van der Waals surface area contributed by atoms with Gasteiger partial charge in [0, 0.05) is 11.6 Å². The maximum absolute atomic E-state index is 11.3. The molecule has 0 unspecified atom stereocenters. The van der Waals surface area contributed by atoms with Crippen LogP contribution in [-0.4, -0.2) is 18.1 Å². The third-order valence-electron chi connectivity index (χ3n) is 2.29. The summed E-state index contributed by atoms with van der Waals surface area (Å²) >= 11 is 0. The molecular weight excluding hydrogens is 204 g/mol. The standard InChI is InChI=1S/C12H8N2O2/c1-16-12(15)9-3-2-8-4-5-14-11(7-13)10(8)6-9/h2-6H,1H3. The Morgan fingerprint density at radius 3 is 2.94 bits per heavy atom. The zero-order chi connectivity index (χ0) is 11.5. The van der Waals surface area contributed by atoms with Crippen molar-refractivity contribution in [2.24, 2.45) is 0 Å². The van der Waals surface area contributed by atoms with E-state index in [4.69, 9.17) is 5.26 Å². The van der Waals surface area contributed by atoms with E-state index in [2.05, 4.69) is 9.72 Å². The maximum Gasteiger partial charge on any atom is 0.337 e. The fraction of sp³-hybridized carbons (Fsp3) is 0.0833. The second-order valence-electron chi connectivity index (χ2n) is 3.20. The quantitative estimate of drug-likeness (QED) is 0.677. The van der Waals surface area contributed by atoms with E-state index in [1.807, 2.05) is 6.07 Å². The lowest BCUT2D eigenvalue weighted by molar-refractivity contribution is 0.0601. The van der Waals surface area contributed by atoms with Crippen LogP contribution in [0.4, 0.5) is 0 Å². The summed E-state index contributed by atoms with van der Waals surface area (Å²) < 4.78 is 4.62. The van der Waals surface area contributed by atoms with E-state index in [9.17, 15) is 4.79 Å². The van der Waals surface area contributed by atoms with Crippen molar-refractivity contribution in [2.75, 3.05) is 7.11 Å². The Hall–Kier alpha value is -2.41. The van der Waals surface area contributed by atoms with Gasteiger partial charge in [-0.2, -0.15) is 5.26 Å². The van der Waals surface area contributed by atoms with E-state index in [1.165, 1.54) is 7.11 Å². The first kappa shape index (κ1) is 10.1. The highest BCUT2D eigenvalue weighted by Gasteiger charge is 2.08. The average molecular weight is 212 g/mol. The van der Waals surface area contributed by atoms with Gasteiger partial charge < -0.3 is 4.74 Å². The average Bonchev–Trinajstić information content (AvgIpc) is 2.36. The van der Waals surface area contributed by atoms with Gasteiger partial charge in [-0.05, 0) is 23.6 Å². The summed E-state index contributed by atoms with van der Waals surface area (Å²) in [5, 5.41) is 10.4. The van der Waals surface area contributed by atoms with E-state index in [1.54, 1.807) is 30.5 Å². The van der Waals surface area contributed by atoms with E-state index < -0.39 is 5.97 Å². The first-order valence-corrected chi connectivity index (χ1v) is 4.63. The third-order valence-corrected chi connectivity index (χ3v) is 2.29. The van der Waals surface area contributed by atoms with Crippen LogP contribution in [-0.2, 0) is 4.74 Å². The van der Waals surface area contributed by atoms with Gasteiger partial charge in [0.1, 0.15) is 11.8 Å². The molecule has 0 bridgehead atoms. The molecule has 0 radical (unpaired) electrons. The Bertz CT molecular complexity index is 599. The largest absolute Gasteiger partial charge is 0.465 e. The molecule has 1 aromatic carbocycles. The molecule has 2 rings (SSSR count). The van der Waals surface area contributed by atoms with Crippen molar-refractivity contribution in [2.45, 2.75) is 0 Å². The summed E-state index contributed by atoms with van der Waals surface area (Å²) in [6.07, 6.45) is 1.57. The highest BCUT2D eigenvalue weighted by molar-refractivity contribution is 5.96. The topological polar surface area (TPSA) is 63.0 Å². The fourth-order valence-corrected chi connectivity index (χ4v) is 1.50. The lowest BCUT2D eigenvalue weighted by atomic mass is 10.1. The number of hydrogen-bond donors (Lipinski definition) is 0. The number of rotatable bonds is 1. The second-order valence-corrected chi connectivity index (χ2v) is 3.20. The fourth-order valence-electron chi connectivity index (χ4n) is 1.50. The Morgan fingerprint density at radius 2 is 2.25 bits per heavy atom. The lowest BCUT2D eigenvalue weighted by Gasteiger charge is -2.02. The number of nitrogens with zero attached hydrogens (tertiary/aromatic N) is 2. The Morgan fingerprint density at radius 1 is 1.44 bits per heavy atom.